The first-order valence-electron chi connectivity index (χ1n) is 9.61. The van der Waals surface area contributed by atoms with Crippen LogP contribution in [-0.4, -0.2) is 29.2 Å². The van der Waals surface area contributed by atoms with Gasteiger partial charge in [0.05, 0.1) is 11.6 Å². The van der Waals surface area contributed by atoms with Crippen LogP contribution in [0, 0.1) is 11.3 Å². The predicted octanol–water partition coefficient (Wildman–Crippen LogP) is 3.83. The van der Waals surface area contributed by atoms with Crippen LogP contribution in [-0.2, 0) is 16.1 Å². The molecule has 0 atom stereocenters. The number of benzene rings is 3. The molecule has 0 saturated carbocycles. The lowest BCUT2D eigenvalue weighted by molar-refractivity contribution is -0.145. The van der Waals surface area contributed by atoms with E-state index in [9.17, 15) is 14.4 Å². The van der Waals surface area contributed by atoms with Gasteiger partial charge in [-0.1, -0.05) is 36.4 Å². The number of nitrogens with zero attached hydrogens (tertiary/aromatic N) is 2. The minimum Gasteiger partial charge on any atom is -0.461 e. The van der Waals surface area contributed by atoms with Crippen molar-refractivity contribution in [3.05, 3.63) is 82.9 Å². The van der Waals surface area contributed by atoms with E-state index < -0.39 is 5.97 Å². The van der Waals surface area contributed by atoms with E-state index >= 15 is 0 Å². The van der Waals surface area contributed by atoms with Crippen molar-refractivity contribution in [1.82, 2.24) is 4.90 Å². The molecule has 0 bridgehead atoms. The van der Waals surface area contributed by atoms with E-state index in [1.807, 2.05) is 18.2 Å². The van der Waals surface area contributed by atoms with Gasteiger partial charge in [-0.15, -0.1) is 0 Å². The molecule has 6 heteroatoms. The van der Waals surface area contributed by atoms with E-state index in [1.54, 1.807) is 48.5 Å². The molecule has 6 nitrogen and oxygen atoms in total. The van der Waals surface area contributed by atoms with Crippen LogP contribution in [0.25, 0.3) is 10.8 Å². The molecule has 1 aliphatic rings. The van der Waals surface area contributed by atoms with Crippen LogP contribution < -0.4 is 0 Å². The van der Waals surface area contributed by atoms with Crippen molar-refractivity contribution in [2.24, 2.45) is 0 Å². The molecule has 4 rings (SSSR count). The Morgan fingerprint density at radius 1 is 0.967 bits per heavy atom. The lowest BCUT2D eigenvalue weighted by atomic mass is 9.94. The van der Waals surface area contributed by atoms with E-state index in [1.165, 1.54) is 4.90 Å². The highest BCUT2D eigenvalue weighted by atomic mass is 16.5. The molecular weight excluding hydrogens is 380 g/mol. The van der Waals surface area contributed by atoms with Gasteiger partial charge in [-0.3, -0.25) is 19.3 Å². The van der Waals surface area contributed by atoms with Gasteiger partial charge in [-0.25, -0.2) is 0 Å². The van der Waals surface area contributed by atoms with E-state index in [2.05, 4.69) is 0 Å². The van der Waals surface area contributed by atoms with Crippen molar-refractivity contribution in [2.45, 2.75) is 19.4 Å². The minimum absolute atomic E-state index is 0.0747. The van der Waals surface area contributed by atoms with Gasteiger partial charge >= 0.3 is 5.97 Å². The maximum atomic E-state index is 12.8. The minimum atomic E-state index is -0.420. The van der Waals surface area contributed by atoms with Gasteiger partial charge in [0.15, 0.2) is 0 Å². The summed E-state index contributed by atoms with van der Waals surface area (Å²) in [5.41, 5.74) is 2.24. The summed E-state index contributed by atoms with van der Waals surface area (Å²) in [7, 11) is 0. The molecule has 1 aliphatic heterocycles. The summed E-state index contributed by atoms with van der Waals surface area (Å²) in [6.07, 6.45) is 0.396. The highest BCUT2D eigenvalue weighted by Crippen LogP contribution is 2.30. The van der Waals surface area contributed by atoms with Crippen molar-refractivity contribution in [3.63, 3.8) is 0 Å². The van der Waals surface area contributed by atoms with Gasteiger partial charge in [0.25, 0.3) is 11.8 Å². The molecule has 3 aromatic rings. The second kappa shape index (κ2) is 8.18. The summed E-state index contributed by atoms with van der Waals surface area (Å²) in [5, 5.41) is 10.5. The Morgan fingerprint density at radius 3 is 2.30 bits per heavy atom. The van der Waals surface area contributed by atoms with Gasteiger partial charge < -0.3 is 4.74 Å². The molecule has 1 heterocycles. The van der Waals surface area contributed by atoms with Crippen LogP contribution in [0.1, 0.15) is 44.7 Å². The van der Waals surface area contributed by atoms with E-state index in [0.29, 0.717) is 28.5 Å². The van der Waals surface area contributed by atoms with E-state index in [4.69, 9.17) is 10.00 Å². The molecule has 0 aliphatic carbocycles. The number of nitriles is 1. The molecule has 3 aromatic carbocycles. The molecule has 0 fully saturated rings. The fourth-order valence-electron chi connectivity index (χ4n) is 3.63. The number of carbonyl (C=O) groups excluding carboxylic acids is 3. The number of carbonyl (C=O) groups is 3. The van der Waals surface area contributed by atoms with Crippen LogP contribution >= 0.6 is 0 Å². The topological polar surface area (TPSA) is 87.5 Å². The smallest absolute Gasteiger partial charge is 0.306 e. The van der Waals surface area contributed by atoms with Crippen LogP contribution in [0.5, 0.6) is 0 Å². The van der Waals surface area contributed by atoms with Gasteiger partial charge in [0, 0.05) is 29.5 Å². The number of hydrogen-bond acceptors (Lipinski definition) is 5. The Labute approximate surface area is 173 Å². The summed E-state index contributed by atoms with van der Waals surface area (Å²) in [6.45, 7) is 0.215. The van der Waals surface area contributed by atoms with Crippen molar-refractivity contribution < 1.29 is 19.1 Å². The SMILES string of the molecule is N#Cc1cccc(COC(=O)CCCN2C(=O)c3cccc4cccc(c34)C2=O)c1. The van der Waals surface area contributed by atoms with Gasteiger partial charge in [0.2, 0.25) is 0 Å². The van der Waals surface area contributed by atoms with Crippen LogP contribution in [0.2, 0.25) is 0 Å². The average molecular weight is 398 g/mol. The van der Waals surface area contributed by atoms with Crippen LogP contribution in [0.15, 0.2) is 60.7 Å². The maximum absolute atomic E-state index is 12.8. The third-order valence-electron chi connectivity index (χ3n) is 5.07. The quantitative estimate of drug-likeness (QED) is 0.465. The standard InChI is InChI=1S/C24H18N2O4/c25-14-16-5-1-6-17(13-16)15-30-21(27)11-4-12-26-23(28)19-9-2-7-18-8-3-10-20(22(18)19)24(26)29/h1-3,5-10,13H,4,11-12,15H2. The monoisotopic (exact) mass is 398 g/mol. The molecule has 30 heavy (non-hydrogen) atoms. The molecular formula is C24H18N2O4. The summed E-state index contributed by atoms with van der Waals surface area (Å²) in [5.74, 6) is -1.10. The molecule has 0 unspecified atom stereocenters. The fourth-order valence-corrected chi connectivity index (χ4v) is 3.63. The third kappa shape index (κ3) is 3.65. The molecule has 2 amide bonds. The number of rotatable bonds is 6. The normalized spacial score (nSPS) is 12.7. The fraction of sp³-hybridized carbons (Fsp3) is 0.167. The number of ether oxygens (including phenoxy) is 1. The summed E-state index contributed by atoms with van der Waals surface area (Å²) in [4.78, 5) is 38.9. The zero-order chi connectivity index (χ0) is 21.1. The lowest BCUT2D eigenvalue weighted by Gasteiger charge is -2.27. The average Bonchev–Trinajstić information content (AvgIpc) is 2.78. The number of amides is 2. The van der Waals surface area contributed by atoms with E-state index in [0.717, 1.165) is 10.9 Å². The first kappa shape index (κ1) is 19.3. The Morgan fingerprint density at radius 2 is 1.63 bits per heavy atom. The first-order chi connectivity index (χ1) is 14.6. The Bertz CT molecular complexity index is 1160. The van der Waals surface area contributed by atoms with Crippen molar-refractivity contribution in [1.29, 1.82) is 5.26 Å². The second-order valence-electron chi connectivity index (χ2n) is 7.05. The highest BCUT2D eigenvalue weighted by molar-refractivity contribution is 6.25. The van der Waals surface area contributed by atoms with E-state index in [-0.39, 0.29) is 31.4 Å². The Balaban J connectivity index is 1.36. The molecule has 0 radical (unpaired) electrons. The highest BCUT2D eigenvalue weighted by Gasteiger charge is 2.32. The van der Waals surface area contributed by atoms with Crippen LogP contribution in [0.3, 0.4) is 0 Å². The largest absolute Gasteiger partial charge is 0.461 e. The number of esters is 1. The number of hydrogen-bond donors (Lipinski definition) is 0. The van der Waals surface area contributed by atoms with Crippen molar-refractivity contribution in [2.75, 3.05) is 6.54 Å². The molecule has 148 valence electrons. The summed E-state index contributed by atoms with van der Waals surface area (Å²) in [6, 6.07) is 19.7. The third-order valence-corrected chi connectivity index (χ3v) is 5.07. The predicted molar refractivity (Wildman–Crippen MR) is 110 cm³/mol. The molecule has 0 spiro atoms. The maximum Gasteiger partial charge on any atom is 0.306 e. The van der Waals surface area contributed by atoms with Gasteiger partial charge in [-0.05, 0) is 41.6 Å². The molecule has 0 N–H and O–H groups in total. The van der Waals surface area contributed by atoms with Gasteiger partial charge in [0.1, 0.15) is 6.61 Å². The zero-order valence-corrected chi connectivity index (χ0v) is 16.1. The van der Waals surface area contributed by atoms with Crippen molar-refractivity contribution >= 4 is 28.6 Å². The first-order valence-corrected chi connectivity index (χ1v) is 9.61. The Kier molecular flexibility index (Phi) is 5.27. The van der Waals surface area contributed by atoms with Crippen LogP contribution in [0.4, 0.5) is 0 Å². The number of imide groups is 1. The summed E-state index contributed by atoms with van der Waals surface area (Å²) < 4.78 is 5.24. The van der Waals surface area contributed by atoms with Gasteiger partial charge in [-0.2, -0.15) is 5.26 Å². The molecule has 0 saturated heterocycles. The Hall–Kier alpha value is -3.98. The zero-order valence-electron chi connectivity index (χ0n) is 16.1. The van der Waals surface area contributed by atoms with Crippen molar-refractivity contribution in [3.8, 4) is 6.07 Å². The lowest BCUT2D eigenvalue weighted by Crippen LogP contribution is -2.41. The second-order valence-corrected chi connectivity index (χ2v) is 7.05. The molecule has 0 aromatic heterocycles. The summed E-state index contributed by atoms with van der Waals surface area (Å²) >= 11 is 0.